The predicted octanol–water partition coefficient (Wildman–Crippen LogP) is 3.35. The third-order valence-electron chi connectivity index (χ3n) is 4.38. The molecule has 0 aromatic heterocycles. The number of carbonyl (C=O) groups excluding carboxylic acids is 2. The fourth-order valence-corrected chi connectivity index (χ4v) is 3.16. The molecule has 1 aromatic carbocycles. The van der Waals surface area contributed by atoms with Crippen LogP contribution in [-0.4, -0.2) is 36.2 Å². The molecule has 2 amide bonds. The maximum absolute atomic E-state index is 12.8. The second kappa shape index (κ2) is 7.31. The van der Waals surface area contributed by atoms with Gasteiger partial charge in [0.05, 0.1) is 18.2 Å². The zero-order valence-corrected chi connectivity index (χ0v) is 14.5. The Bertz CT molecular complexity index is 746. The number of carbonyl (C=O) groups is 2. The molecule has 0 radical (unpaired) electrons. The third kappa shape index (κ3) is 3.49. The van der Waals surface area contributed by atoms with Crippen molar-refractivity contribution >= 4 is 12.0 Å². The van der Waals surface area contributed by atoms with Crippen LogP contribution in [0.25, 0.3) is 0 Å². The molecular weight excluding hydrogens is 346 g/mol. The second-order valence-electron chi connectivity index (χ2n) is 6.12. The van der Waals surface area contributed by atoms with Gasteiger partial charge in [0.25, 0.3) is 0 Å². The molecular formula is C18H20F2N2O4. The number of hydrogen-bond donors (Lipinski definition) is 1. The molecule has 1 aromatic rings. The van der Waals surface area contributed by atoms with E-state index in [0.717, 1.165) is 12.8 Å². The van der Waals surface area contributed by atoms with Gasteiger partial charge in [-0.25, -0.2) is 9.59 Å². The van der Waals surface area contributed by atoms with Gasteiger partial charge < -0.3 is 14.8 Å². The van der Waals surface area contributed by atoms with Gasteiger partial charge in [-0.3, -0.25) is 4.90 Å². The maximum Gasteiger partial charge on any atom is 0.387 e. The molecule has 1 saturated carbocycles. The van der Waals surface area contributed by atoms with Gasteiger partial charge in [0.2, 0.25) is 0 Å². The number of amides is 2. The van der Waals surface area contributed by atoms with E-state index >= 15 is 0 Å². The number of hydrogen-bond acceptors (Lipinski definition) is 4. The number of benzene rings is 1. The Kier molecular flexibility index (Phi) is 5.11. The van der Waals surface area contributed by atoms with Gasteiger partial charge in [-0.15, -0.1) is 0 Å². The van der Waals surface area contributed by atoms with Gasteiger partial charge in [0, 0.05) is 17.3 Å². The SMILES string of the molecule is CCOC(=O)C1=C(C)N(C2CC2)C(=O)N[C@H]1c1ccccc1OC(F)F. The quantitative estimate of drug-likeness (QED) is 0.784. The molecule has 0 unspecified atom stereocenters. The first-order chi connectivity index (χ1) is 12.4. The minimum Gasteiger partial charge on any atom is -0.463 e. The van der Waals surface area contributed by atoms with Crippen LogP contribution in [0.4, 0.5) is 13.6 Å². The van der Waals surface area contributed by atoms with Gasteiger partial charge in [0.1, 0.15) is 5.75 Å². The summed E-state index contributed by atoms with van der Waals surface area (Å²) < 4.78 is 35.2. The number of urea groups is 1. The van der Waals surface area contributed by atoms with Crippen LogP contribution < -0.4 is 10.1 Å². The monoisotopic (exact) mass is 366 g/mol. The molecule has 1 heterocycles. The Balaban J connectivity index is 2.07. The minimum absolute atomic E-state index is 0.0490. The molecule has 6 nitrogen and oxygen atoms in total. The topological polar surface area (TPSA) is 67.9 Å². The number of allylic oxidation sites excluding steroid dienone is 1. The van der Waals surface area contributed by atoms with Crippen LogP contribution in [0, 0.1) is 0 Å². The first kappa shape index (κ1) is 18.2. The molecule has 0 saturated heterocycles. The normalized spacial score (nSPS) is 20.3. The highest BCUT2D eigenvalue weighted by Gasteiger charge is 2.43. The minimum atomic E-state index is -3.02. The van der Waals surface area contributed by atoms with Gasteiger partial charge in [-0.2, -0.15) is 8.78 Å². The lowest BCUT2D eigenvalue weighted by atomic mass is 9.94. The summed E-state index contributed by atoms with van der Waals surface area (Å²) >= 11 is 0. The Hall–Kier alpha value is -2.64. The van der Waals surface area contributed by atoms with Crippen molar-refractivity contribution in [1.82, 2.24) is 10.2 Å². The number of nitrogens with one attached hydrogen (secondary N) is 1. The van der Waals surface area contributed by atoms with Crippen LogP contribution in [0.5, 0.6) is 5.75 Å². The number of esters is 1. The largest absolute Gasteiger partial charge is 0.463 e. The molecule has 1 aliphatic heterocycles. The van der Waals surface area contributed by atoms with Crippen molar-refractivity contribution in [3.63, 3.8) is 0 Å². The fraction of sp³-hybridized carbons (Fsp3) is 0.444. The van der Waals surface area contributed by atoms with Crippen LogP contribution in [0.3, 0.4) is 0 Å². The van der Waals surface area contributed by atoms with Crippen molar-refractivity contribution in [2.75, 3.05) is 6.61 Å². The summed E-state index contributed by atoms with van der Waals surface area (Å²) in [4.78, 5) is 26.7. The standard InChI is InChI=1S/C18H20F2N2O4/c1-3-25-16(23)14-10(2)22(11-8-9-11)18(24)21-15(14)12-6-4-5-7-13(12)26-17(19)20/h4-7,11,15,17H,3,8-9H2,1-2H3,(H,21,24)/t15-/m0/s1. The van der Waals surface area contributed by atoms with Crippen molar-refractivity contribution in [3.8, 4) is 5.75 Å². The molecule has 1 aliphatic carbocycles. The average molecular weight is 366 g/mol. The summed E-state index contributed by atoms with van der Waals surface area (Å²) in [5.74, 6) is -0.685. The molecule has 1 fully saturated rings. The van der Waals surface area contributed by atoms with Crippen LogP contribution in [0.15, 0.2) is 35.5 Å². The number of rotatable bonds is 6. The molecule has 8 heteroatoms. The lowest BCUT2D eigenvalue weighted by Crippen LogP contribution is -2.49. The molecule has 3 rings (SSSR count). The Morgan fingerprint density at radius 2 is 2.04 bits per heavy atom. The van der Waals surface area contributed by atoms with Crippen molar-refractivity contribution < 1.29 is 27.8 Å². The number of nitrogens with zero attached hydrogens (tertiary/aromatic N) is 1. The third-order valence-corrected chi connectivity index (χ3v) is 4.38. The van der Waals surface area contributed by atoms with Crippen LogP contribution >= 0.6 is 0 Å². The van der Waals surface area contributed by atoms with E-state index in [0.29, 0.717) is 5.70 Å². The predicted molar refractivity (Wildman–Crippen MR) is 88.5 cm³/mol. The van der Waals surface area contributed by atoms with Crippen molar-refractivity contribution in [2.24, 2.45) is 0 Å². The van der Waals surface area contributed by atoms with Gasteiger partial charge in [0.15, 0.2) is 0 Å². The van der Waals surface area contributed by atoms with Crippen molar-refractivity contribution in [1.29, 1.82) is 0 Å². The molecule has 140 valence electrons. The zero-order valence-electron chi connectivity index (χ0n) is 14.5. The Labute approximate surface area is 149 Å². The second-order valence-corrected chi connectivity index (χ2v) is 6.12. The summed E-state index contributed by atoms with van der Waals surface area (Å²) in [6.45, 7) is 0.493. The Morgan fingerprint density at radius 1 is 1.35 bits per heavy atom. The van der Waals surface area contributed by atoms with Gasteiger partial charge in [-0.1, -0.05) is 18.2 Å². The zero-order chi connectivity index (χ0) is 18.8. The molecule has 1 atom stereocenters. The van der Waals surface area contributed by atoms with E-state index in [1.807, 2.05) is 0 Å². The molecule has 0 bridgehead atoms. The number of halogens is 2. The molecule has 0 spiro atoms. The molecule has 26 heavy (non-hydrogen) atoms. The summed E-state index contributed by atoms with van der Waals surface area (Å²) in [7, 11) is 0. The molecule has 1 N–H and O–H groups in total. The van der Waals surface area contributed by atoms with E-state index in [9.17, 15) is 18.4 Å². The van der Waals surface area contributed by atoms with Crippen LogP contribution in [0.2, 0.25) is 0 Å². The number of alkyl halides is 2. The van der Waals surface area contributed by atoms with E-state index in [-0.39, 0.29) is 35.6 Å². The van der Waals surface area contributed by atoms with Crippen LogP contribution in [0.1, 0.15) is 38.3 Å². The van der Waals surface area contributed by atoms with E-state index in [4.69, 9.17) is 4.74 Å². The average Bonchev–Trinajstić information content (AvgIpc) is 3.39. The van der Waals surface area contributed by atoms with Gasteiger partial charge >= 0.3 is 18.6 Å². The number of ether oxygens (including phenoxy) is 2. The first-order valence-electron chi connectivity index (χ1n) is 8.45. The van der Waals surface area contributed by atoms with E-state index in [1.54, 1.807) is 36.9 Å². The highest BCUT2D eigenvalue weighted by atomic mass is 19.3. The Morgan fingerprint density at radius 3 is 2.65 bits per heavy atom. The summed E-state index contributed by atoms with van der Waals surface area (Å²) in [5, 5.41) is 2.74. The summed E-state index contributed by atoms with van der Waals surface area (Å²) in [6, 6.07) is 4.85. The number of para-hydroxylation sites is 1. The summed E-state index contributed by atoms with van der Waals surface area (Å²) in [5.41, 5.74) is 0.981. The highest BCUT2D eigenvalue weighted by molar-refractivity contribution is 5.95. The van der Waals surface area contributed by atoms with Gasteiger partial charge in [-0.05, 0) is 32.8 Å². The highest BCUT2D eigenvalue weighted by Crippen LogP contribution is 2.40. The van der Waals surface area contributed by atoms with Crippen molar-refractivity contribution in [2.45, 2.75) is 45.4 Å². The lowest BCUT2D eigenvalue weighted by molar-refractivity contribution is -0.139. The first-order valence-corrected chi connectivity index (χ1v) is 8.45. The van der Waals surface area contributed by atoms with E-state index < -0.39 is 18.6 Å². The van der Waals surface area contributed by atoms with Crippen LogP contribution in [-0.2, 0) is 9.53 Å². The van der Waals surface area contributed by atoms with Crippen molar-refractivity contribution in [3.05, 3.63) is 41.1 Å². The molecule has 2 aliphatic rings. The van der Waals surface area contributed by atoms with E-state index in [2.05, 4.69) is 10.1 Å². The fourth-order valence-electron chi connectivity index (χ4n) is 3.16. The smallest absolute Gasteiger partial charge is 0.387 e. The lowest BCUT2D eigenvalue weighted by Gasteiger charge is -2.36. The maximum atomic E-state index is 12.8. The van der Waals surface area contributed by atoms with E-state index in [1.165, 1.54) is 6.07 Å². The summed E-state index contributed by atoms with van der Waals surface area (Å²) in [6.07, 6.45) is 1.72.